The number of carboxylic acids is 1. The minimum atomic E-state index is -0.846. The summed E-state index contributed by atoms with van der Waals surface area (Å²) < 4.78 is 5.54. The number of aromatic carboxylic acids is 1. The van der Waals surface area contributed by atoms with Crippen molar-refractivity contribution in [3.8, 4) is 0 Å². The lowest BCUT2D eigenvalue weighted by molar-refractivity contribution is 0.0702. The van der Waals surface area contributed by atoms with Gasteiger partial charge in [0.1, 0.15) is 4.88 Å². The lowest BCUT2D eigenvalue weighted by Gasteiger charge is -2.25. The molecule has 0 amide bonds. The first-order valence-electron chi connectivity index (χ1n) is 5.72. The van der Waals surface area contributed by atoms with Crippen molar-refractivity contribution >= 4 is 17.3 Å². The van der Waals surface area contributed by atoms with E-state index in [0.717, 1.165) is 24.4 Å². The van der Waals surface area contributed by atoms with E-state index in [1.807, 2.05) is 6.07 Å². The number of nitrogens with zero attached hydrogens (tertiary/aromatic N) is 1. The summed E-state index contributed by atoms with van der Waals surface area (Å²) in [6.07, 6.45) is 1.31. The summed E-state index contributed by atoms with van der Waals surface area (Å²) in [6, 6.07) is 4.00. The fourth-order valence-corrected chi connectivity index (χ4v) is 3.15. The molecule has 1 aliphatic heterocycles. The minimum Gasteiger partial charge on any atom is -0.477 e. The number of ether oxygens (including phenoxy) is 1. The highest BCUT2D eigenvalue weighted by molar-refractivity contribution is 7.13. The van der Waals surface area contributed by atoms with Crippen LogP contribution in [0.25, 0.3) is 0 Å². The number of likely N-dealkylation sites (N-methyl/N-ethyl adjacent to an activating group) is 1. The number of carbonyl (C=O) groups is 1. The Balaban J connectivity index is 1.97. The van der Waals surface area contributed by atoms with Crippen molar-refractivity contribution in [2.75, 3.05) is 13.7 Å². The Hall–Kier alpha value is -0.910. The first kappa shape index (κ1) is 12.5. The second-order valence-corrected chi connectivity index (χ2v) is 5.59. The van der Waals surface area contributed by atoms with Gasteiger partial charge in [-0.1, -0.05) is 0 Å². The molecule has 17 heavy (non-hydrogen) atoms. The average Bonchev–Trinajstić information content (AvgIpc) is 2.86. The van der Waals surface area contributed by atoms with E-state index in [4.69, 9.17) is 9.84 Å². The van der Waals surface area contributed by atoms with Crippen LogP contribution in [0.5, 0.6) is 0 Å². The van der Waals surface area contributed by atoms with Crippen molar-refractivity contribution in [1.29, 1.82) is 0 Å². The predicted octanol–water partition coefficient (Wildman–Crippen LogP) is 2.06. The van der Waals surface area contributed by atoms with Gasteiger partial charge in [0.15, 0.2) is 0 Å². The van der Waals surface area contributed by atoms with Gasteiger partial charge < -0.3 is 9.84 Å². The molecule has 2 unspecified atom stereocenters. The Morgan fingerprint density at radius 1 is 1.65 bits per heavy atom. The zero-order valence-electron chi connectivity index (χ0n) is 10.0. The molecule has 1 aromatic rings. The third-order valence-corrected chi connectivity index (χ3v) is 4.24. The fourth-order valence-electron chi connectivity index (χ4n) is 2.24. The molecule has 0 radical (unpaired) electrons. The van der Waals surface area contributed by atoms with Gasteiger partial charge in [-0.2, -0.15) is 0 Å². The van der Waals surface area contributed by atoms with E-state index in [9.17, 15) is 4.79 Å². The van der Waals surface area contributed by atoms with Crippen LogP contribution in [0.1, 0.15) is 27.9 Å². The Morgan fingerprint density at radius 2 is 2.41 bits per heavy atom. The zero-order chi connectivity index (χ0) is 12.4. The Morgan fingerprint density at radius 3 is 2.94 bits per heavy atom. The maximum atomic E-state index is 10.8. The Kier molecular flexibility index (Phi) is 3.81. The van der Waals surface area contributed by atoms with Crippen LogP contribution >= 0.6 is 11.3 Å². The summed E-state index contributed by atoms with van der Waals surface area (Å²) in [5.41, 5.74) is 0. The standard InChI is InChI=1S/C12H17NO3S/c1-8-10(5-6-16-8)13(2)7-9-3-4-11(17-9)12(14)15/h3-4,8,10H,5-7H2,1-2H3,(H,14,15). The highest BCUT2D eigenvalue weighted by Crippen LogP contribution is 2.23. The van der Waals surface area contributed by atoms with Crippen LogP contribution in [0.2, 0.25) is 0 Å². The summed E-state index contributed by atoms with van der Waals surface area (Å²) in [4.78, 5) is 14.5. The molecule has 0 saturated carbocycles. The third-order valence-electron chi connectivity index (χ3n) is 3.18. The smallest absolute Gasteiger partial charge is 0.345 e. The molecule has 2 rings (SSSR count). The minimum absolute atomic E-state index is 0.263. The molecule has 0 aliphatic carbocycles. The molecule has 4 nitrogen and oxygen atoms in total. The monoisotopic (exact) mass is 255 g/mol. The normalized spacial score (nSPS) is 24.4. The number of rotatable bonds is 4. The van der Waals surface area contributed by atoms with Crippen LogP contribution in [-0.4, -0.2) is 41.8 Å². The van der Waals surface area contributed by atoms with Crippen molar-refractivity contribution in [2.24, 2.45) is 0 Å². The van der Waals surface area contributed by atoms with Crippen molar-refractivity contribution in [1.82, 2.24) is 4.90 Å². The molecule has 1 N–H and O–H groups in total. The van der Waals surface area contributed by atoms with Crippen LogP contribution < -0.4 is 0 Å². The molecule has 0 spiro atoms. The molecule has 0 bridgehead atoms. The number of carboxylic acid groups (broad SMARTS) is 1. The van der Waals surface area contributed by atoms with Gasteiger partial charge in [0.25, 0.3) is 0 Å². The highest BCUT2D eigenvalue weighted by atomic mass is 32.1. The van der Waals surface area contributed by atoms with Crippen molar-refractivity contribution in [2.45, 2.75) is 32.0 Å². The zero-order valence-corrected chi connectivity index (χ0v) is 10.9. The van der Waals surface area contributed by atoms with Gasteiger partial charge in [0, 0.05) is 24.1 Å². The van der Waals surface area contributed by atoms with E-state index in [0.29, 0.717) is 10.9 Å². The number of thiophene rings is 1. The van der Waals surface area contributed by atoms with E-state index in [1.165, 1.54) is 11.3 Å². The van der Waals surface area contributed by atoms with E-state index in [-0.39, 0.29) is 6.10 Å². The maximum Gasteiger partial charge on any atom is 0.345 e. The average molecular weight is 255 g/mol. The van der Waals surface area contributed by atoms with Crippen molar-refractivity contribution in [3.63, 3.8) is 0 Å². The summed E-state index contributed by atoms with van der Waals surface area (Å²) in [5.74, 6) is -0.846. The predicted molar refractivity (Wildman–Crippen MR) is 66.6 cm³/mol. The van der Waals surface area contributed by atoms with Gasteiger partial charge >= 0.3 is 5.97 Å². The van der Waals surface area contributed by atoms with Crippen LogP contribution in [0, 0.1) is 0 Å². The molecular weight excluding hydrogens is 238 g/mol. The van der Waals surface area contributed by atoms with Crippen molar-refractivity contribution < 1.29 is 14.6 Å². The van der Waals surface area contributed by atoms with Crippen LogP contribution in [0.15, 0.2) is 12.1 Å². The molecule has 94 valence electrons. The fraction of sp³-hybridized carbons (Fsp3) is 0.583. The first-order valence-corrected chi connectivity index (χ1v) is 6.53. The van der Waals surface area contributed by atoms with Gasteiger partial charge in [-0.05, 0) is 32.5 Å². The quantitative estimate of drug-likeness (QED) is 0.894. The molecule has 1 aliphatic rings. The van der Waals surface area contributed by atoms with Gasteiger partial charge in [-0.25, -0.2) is 4.79 Å². The summed E-state index contributed by atoms with van der Waals surface area (Å²) in [5, 5.41) is 8.86. The van der Waals surface area contributed by atoms with Gasteiger partial charge in [-0.3, -0.25) is 4.90 Å². The van der Waals surface area contributed by atoms with E-state index < -0.39 is 5.97 Å². The molecule has 1 aromatic heterocycles. The highest BCUT2D eigenvalue weighted by Gasteiger charge is 2.27. The van der Waals surface area contributed by atoms with E-state index in [1.54, 1.807) is 6.07 Å². The molecule has 2 atom stereocenters. The SMILES string of the molecule is CC1OCCC1N(C)Cc1ccc(C(=O)O)s1. The molecular formula is C12H17NO3S. The lowest BCUT2D eigenvalue weighted by Crippen LogP contribution is -2.35. The number of hydrogen-bond acceptors (Lipinski definition) is 4. The summed E-state index contributed by atoms with van der Waals surface area (Å²) in [7, 11) is 2.07. The lowest BCUT2D eigenvalue weighted by atomic mass is 10.1. The van der Waals surface area contributed by atoms with Crippen LogP contribution in [0.3, 0.4) is 0 Å². The molecule has 1 saturated heterocycles. The maximum absolute atomic E-state index is 10.8. The topological polar surface area (TPSA) is 49.8 Å². The van der Waals surface area contributed by atoms with Crippen LogP contribution in [-0.2, 0) is 11.3 Å². The van der Waals surface area contributed by atoms with Gasteiger partial charge in [0.05, 0.1) is 6.10 Å². The molecule has 1 fully saturated rings. The second kappa shape index (κ2) is 5.16. The third kappa shape index (κ3) is 2.86. The van der Waals surface area contributed by atoms with Crippen LogP contribution in [0.4, 0.5) is 0 Å². The van der Waals surface area contributed by atoms with Gasteiger partial charge in [0.2, 0.25) is 0 Å². The van der Waals surface area contributed by atoms with E-state index >= 15 is 0 Å². The largest absolute Gasteiger partial charge is 0.477 e. The Labute approximate surface area is 105 Å². The number of hydrogen-bond donors (Lipinski definition) is 1. The molecule has 5 heteroatoms. The summed E-state index contributed by atoms with van der Waals surface area (Å²) >= 11 is 1.35. The van der Waals surface area contributed by atoms with E-state index in [2.05, 4.69) is 18.9 Å². The molecule has 2 heterocycles. The molecule has 0 aromatic carbocycles. The van der Waals surface area contributed by atoms with Crippen molar-refractivity contribution in [3.05, 3.63) is 21.9 Å². The second-order valence-electron chi connectivity index (χ2n) is 4.42. The Bertz CT molecular complexity index is 404. The first-order chi connectivity index (χ1) is 8.08. The van der Waals surface area contributed by atoms with Gasteiger partial charge in [-0.15, -0.1) is 11.3 Å². The summed E-state index contributed by atoms with van der Waals surface area (Å²) in [6.45, 7) is 3.70.